The van der Waals surface area contributed by atoms with Crippen molar-refractivity contribution in [2.45, 2.75) is 38.4 Å². The van der Waals surface area contributed by atoms with Gasteiger partial charge in [-0.3, -0.25) is 24.6 Å². The van der Waals surface area contributed by atoms with Crippen molar-refractivity contribution in [3.8, 4) is 11.5 Å². The minimum absolute atomic E-state index is 0.167. The molecular weight excluding hydrogens is 671 g/mol. The second-order valence-electron chi connectivity index (χ2n) is 13.2. The molecule has 2 fully saturated rings. The summed E-state index contributed by atoms with van der Waals surface area (Å²) in [6.45, 7) is 3.56. The van der Waals surface area contributed by atoms with Crippen LogP contribution < -0.4 is 10.2 Å². The molecule has 4 aromatic carbocycles. The van der Waals surface area contributed by atoms with Crippen molar-refractivity contribution in [1.82, 2.24) is 15.1 Å². The van der Waals surface area contributed by atoms with Crippen LogP contribution >= 0.6 is 11.6 Å². The van der Waals surface area contributed by atoms with E-state index in [4.69, 9.17) is 11.6 Å². The number of allylic oxidation sites excluding steroid dienone is 1. The fourth-order valence-corrected chi connectivity index (χ4v) is 7.51. The summed E-state index contributed by atoms with van der Waals surface area (Å²) < 4.78 is 15.3. The van der Waals surface area contributed by atoms with Crippen molar-refractivity contribution >= 4 is 46.2 Å². The number of alkyl halides is 1. The molecule has 7 rings (SSSR count). The second kappa shape index (κ2) is 14.6. The molecule has 3 aliphatic rings. The molecule has 9 nitrogen and oxygen atoms in total. The maximum Gasteiger partial charge on any atom is 0.255 e. The van der Waals surface area contributed by atoms with Crippen molar-refractivity contribution < 1.29 is 29.0 Å². The van der Waals surface area contributed by atoms with E-state index in [-0.39, 0.29) is 48.3 Å². The summed E-state index contributed by atoms with van der Waals surface area (Å²) in [4.78, 5) is 43.0. The minimum atomic E-state index is -0.737. The number of piperazine rings is 1. The summed E-state index contributed by atoms with van der Waals surface area (Å²) in [5, 5.41) is 22.2. The molecule has 1 unspecified atom stereocenters. The van der Waals surface area contributed by atoms with Crippen LogP contribution in [0.15, 0.2) is 84.9 Å². The predicted molar refractivity (Wildman–Crippen MR) is 194 cm³/mol. The number of hydrogen-bond donors (Lipinski definition) is 3. The average Bonchev–Trinajstić information content (AvgIpc) is 3.44. The molecule has 0 spiro atoms. The Morgan fingerprint density at radius 2 is 1.43 bits per heavy atom. The first-order valence-electron chi connectivity index (χ1n) is 17.1. The number of carbonyl (C=O) groups excluding carboxylic acids is 3. The van der Waals surface area contributed by atoms with E-state index in [0.29, 0.717) is 30.0 Å². The molecule has 0 aliphatic carbocycles. The van der Waals surface area contributed by atoms with Gasteiger partial charge in [-0.25, -0.2) is 4.39 Å². The number of anilines is 1. The lowest BCUT2D eigenvalue weighted by Gasteiger charge is -2.36. The number of imide groups is 1. The van der Waals surface area contributed by atoms with Crippen molar-refractivity contribution in [3.63, 3.8) is 0 Å². The van der Waals surface area contributed by atoms with Crippen LogP contribution in [0.5, 0.6) is 11.5 Å². The maximum absolute atomic E-state index is 15.3. The molecule has 3 amide bonds. The fourth-order valence-electron chi connectivity index (χ4n) is 7.32. The Morgan fingerprint density at radius 1 is 0.824 bits per heavy atom. The lowest BCUT2D eigenvalue weighted by Crippen LogP contribution is -2.52. The van der Waals surface area contributed by atoms with Gasteiger partial charge >= 0.3 is 0 Å². The van der Waals surface area contributed by atoms with Crippen LogP contribution in [-0.2, 0) is 22.7 Å². The first-order valence-corrected chi connectivity index (χ1v) is 17.6. The van der Waals surface area contributed by atoms with E-state index in [9.17, 15) is 24.6 Å². The summed E-state index contributed by atoms with van der Waals surface area (Å²) in [7, 11) is 0. The van der Waals surface area contributed by atoms with E-state index in [0.717, 1.165) is 59.7 Å². The molecule has 0 aromatic heterocycles. The first kappa shape index (κ1) is 34.3. The van der Waals surface area contributed by atoms with Gasteiger partial charge in [0, 0.05) is 68.4 Å². The molecular formula is C40H38ClFN4O5. The number of carbonyl (C=O) groups is 3. The second-order valence-corrected chi connectivity index (χ2v) is 13.6. The smallest absolute Gasteiger partial charge is 0.255 e. The maximum atomic E-state index is 15.3. The molecule has 0 saturated carbocycles. The fraction of sp³-hybridized carbons (Fsp3) is 0.275. The van der Waals surface area contributed by atoms with Gasteiger partial charge in [0.2, 0.25) is 11.8 Å². The van der Waals surface area contributed by atoms with E-state index in [1.54, 1.807) is 30.3 Å². The van der Waals surface area contributed by atoms with Gasteiger partial charge in [0.15, 0.2) is 0 Å². The van der Waals surface area contributed by atoms with Gasteiger partial charge in [-0.1, -0.05) is 36.4 Å². The molecule has 0 radical (unpaired) electrons. The number of hydrogen-bond acceptors (Lipinski definition) is 7. The van der Waals surface area contributed by atoms with Crippen LogP contribution in [0.4, 0.5) is 10.1 Å². The third kappa shape index (κ3) is 7.20. The first-order chi connectivity index (χ1) is 24.7. The number of amides is 3. The Bertz CT molecular complexity index is 1990. The Morgan fingerprint density at radius 3 is 2.04 bits per heavy atom. The van der Waals surface area contributed by atoms with E-state index >= 15 is 4.39 Å². The highest BCUT2D eigenvalue weighted by Gasteiger charge is 2.39. The van der Waals surface area contributed by atoms with Crippen LogP contribution in [-0.4, -0.2) is 75.8 Å². The number of rotatable bonds is 9. The zero-order valence-electron chi connectivity index (χ0n) is 27.9. The minimum Gasteiger partial charge on any atom is -0.508 e. The summed E-state index contributed by atoms with van der Waals surface area (Å²) in [6, 6.07) is 24.9. The van der Waals surface area contributed by atoms with Crippen LogP contribution in [0.25, 0.3) is 11.1 Å². The Balaban J connectivity index is 1.04. The van der Waals surface area contributed by atoms with Crippen LogP contribution in [0, 0.1) is 5.82 Å². The van der Waals surface area contributed by atoms with Crippen molar-refractivity contribution in [3.05, 3.63) is 124 Å². The number of phenolic OH excluding ortho intramolecular Hbond substituents is 2. The molecule has 0 bridgehead atoms. The third-order valence-electron chi connectivity index (χ3n) is 10.00. The number of fused-ring (bicyclic) bond motifs is 1. The van der Waals surface area contributed by atoms with Gasteiger partial charge in [0.05, 0.1) is 0 Å². The van der Waals surface area contributed by atoms with Gasteiger partial charge in [0.1, 0.15) is 23.4 Å². The molecule has 51 heavy (non-hydrogen) atoms. The Labute approximate surface area is 300 Å². The highest BCUT2D eigenvalue weighted by Crippen LogP contribution is 2.37. The van der Waals surface area contributed by atoms with Crippen LogP contribution in [0.3, 0.4) is 0 Å². The molecule has 3 heterocycles. The number of benzene rings is 4. The molecule has 1 atom stereocenters. The van der Waals surface area contributed by atoms with E-state index in [1.165, 1.54) is 11.0 Å². The average molecular weight is 709 g/mol. The zero-order chi connectivity index (χ0) is 35.6. The van der Waals surface area contributed by atoms with Crippen molar-refractivity contribution in [2.24, 2.45) is 0 Å². The number of halogens is 2. The lowest BCUT2D eigenvalue weighted by molar-refractivity contribution is -0.136. The monoisotopic (exact) mass is 708 g/mol. The van der Waals surface area contributed by atoms with Gasteiger partial charge in [-0.15, -0.1) is 11.6 Å². The van der Waals surface area contributed by atoms with Crippen molar-refractivity contribution in [2.75, 3.05) is 37.0 Å². The SMILES string of the molecule is O=C1CCC(N2Cc3cc(CN4CCN(c5ccc(/C(=C(/CCCl)c6ccc(O)cc6)c6ccc(O)cc6)cc5)CC4)c(F)cc3C2=O)C(=O)N1. The van der Waals surface area contributed by atoms with Crippen molar-refractivity contribution in [1.29, 1.82) is 0 Å². The number of aromatic hydroxyl groups is 2. The standard InChI is InChI=1S/C40H38ClFN4O5/c41-16-15-33(25-3-9-31(47)10-4-25)38(27-5-11-32(48)12-6-27)26-1-7-30(8-2-26)45-19-17-44(18-20-45)23-29-21-28-24-46(40(51)34(28)22-35(29)42)36-13-14-37(49)43-39(36)50/h1-12,21-22,36,47-48H,13-20,23-24H2,(H,43,49,50)/b38-33+. The molecule has 3 N–H and O–H groups in total. The highest BCUT2D eigenvalue weighted by molar-refractivity contribution is 6.18. The van der Waals surface area contributed by atoms with Crippen LogP contribution in [0.1, 0.15) is 57.4 Å². The molecule has 4 aromatic rings. The van der Waals surface area contributed by atoms with Gasteiger partial charge in [-0.2, -0.15) is 0 Å². The molecule has 11 heteroatoms. The third-order valence-corrected chi connectivity index (χ3v) is 10.2. The van der Waals surface area contributed by atoms with E-state index < -0.39 is 17.8 Å². The largest absolute Gasteiger partial charge is 0.508 e. The molecule has 262 valence electrons. The quantitative estimate of drug-likeness (QED) is 0.113. The number of nitrogens with zero attached hydrogens (tertiary/aromatic N) is 3. The number of piperidine rings is 1. The zero-order valence-corrected chi connectivity index (χ0v) is 28.7. The number of phenols is 2. The van der Waals surface area contributed by atoms with E-state index in [1.807, 2.05) is 24.3 Å². The summed E-state index contributed by atoms with van der Waals surface area (Å²) in [5.41, 5.74) is 7.47. The lowest BCUT2D eigenvalue weighted by atomic mass is 9.88. The topological polar surface area (TPSA) is 113 Å². The summed E-state index contributed by atoms with van der Waals surface area (Å²) in [5.74, 6) is -0.877. The summed E-state index contributed by atoms with van der Waals surface area (Å²) in [6.07, 6.45) is 1.03. The van der Waals surface area contributed by atoms with Gasteiger partial charge < -0.3 is 20.0 Å². The van der Waals surface area contributed by atoms with Crippen LogP contribution in [0.2, 0.25) is 0 Å². The van der Waals surface area contributed by atoms with Gasteiger partial charge in [-0.05, 0) is 94.8 Å². The van der Waals surface area contributed by atoms with E-state index in [2.05, 4.69) is 39.4 Å². The normalized spacial score (nSPS) is 18.5. The highest BCUT2D eigenvalue weighted by atomic mass is 35.5. The Hall–Kier alpha value is -5.19. The predicted octanol–water partition coefficient (Wildman–Crippen LogP) is 5.91. The Kier molecular flexibility index (Phi) is 9.79. The molecule has 3 aliphatic heterocycles. The van der Waals surface area contributed by atoms with Gasteiger partial charge in [0.25, 0.3) is 5.91 Å². The molecule has 2 saturated heterocycles. The summed E-state index contributed by atoms with van der Waals surface area (Å²) >= 11 is 6.30. The number of nitrogens with one attached hydrogen (secondary N) is 1.